The molecule has 2 N–H and O–H groups in total. The number of sulfone groups is 1. The normalized spacial score (nSPS) is 18.4. The Kier molecular flexibility index (Phi) is 5.65. The van der Waals surface area contributed by atoms with Crippen LogP contribution in [-0.2, 0) is 14.6 Å². The molecule has 2 aromatic rings. The van der Waals surface area contributed by atoms with Gasteiger partial charge in [0.1, 0.15) is 0 Å². The smallest absolute Gasteiger partial charge is 0.238 e. The van der Waals surface area contributed by atoms with Crippen molar-refractivity contribution in [3.63, 3.8) is 0 Å². The zero-order valence-electron chi connectivity index (χ0n) is 14.6. The molecule has 138 valence electrons. The van der Waals surface area contributed by atoms with Crippen LogP contribution in [0, 0.1) is 0 Å². The highest BCUT2D eigenvalue weighted by molar-refractivity contribution is 7.90. The van der Waals surface area contributed by atoms with Gasteiger partial charge in [0.15, 0.2) is 9.84 Å². The van der Waals surface area contributed by atoms with Crippen molar-refractivity contribution in [1.29, 1.82) is 0 Å². The molecule has 0 bridgehead atoms. The van der Waals surface area contributed by atoms with E-state index in [-0.39, 0.29) is 23.4 Å². The lowest BCUT2D eigenvalue weighted by Crippen LogP contribution is -2.48. The van der Waals surface area contributed by atoms with Gasteiger partial charge in [-0.2, -0.15) is 0 Å². The molecule has 1 atom stereocenters. The summed E-state index contributed by atoms with van der Waals surface area (Å²) >= 11 is 0. The first-order valence-corrected chi connectivity index (χ1v) is 10.3. The average molecular weight is 374 g/mol. The largest absolute Gasteiger partial charge is 0.325 e. The van der Waals surface area contributed by atoms with Gasteiger partial charge < -0.3 is 10.6 Å². The predicted octanol–water partition coefficient (Wildman–Crippen LogP) is 1.07. The quantitative estimate of drug-likeness (QED) is 0.814. The topological polar surface area (TPSA) is 91.4 Å². The maximum atomic E-state index is 12.4. The molecule has 1 aromatic carbocycles. The maximum Gasteiger partial charge on any atom is 0.238 e. The molecule has 8 heteroatoms. The van der Waals surface area contributed by atoms with Gasteiger partial charge in [0.2, 0.25) is 5.91 Å². The van der Waals surface area contributed by atoms with Gasteiger partial charge in [0.05, 0.1) is 11.4 Å². The molecular weight excluding hydrogens is 352 g/mol. The van der Waals surface area contributed by atoms with Crippen LogP contribution in [0.1, 0.15) is 11.6 Å². The summed E-state index contributed by atoms with van der Waals surface area (Å²) in [6, 6.07) is 10.2. The van der Waals surface area contributed by atoms with E-state index in [0.717, 1.165) is 31.5 Å². The summed E-state index contributed by atoms with van der Waals surface area (Å²) in [7, 11) is -3.24. The minimum Gasteiger partial charge on any atom is -0.325 e. The van der Waals surface area contributed by atoms with E-state index in [0.29, 0.717) is 5.69 Å². The molecule has 1 unspecified atom stereocenters. The third kappa shape index (κ3) is 4.66. The lowest BCUT2D eigenvalue weighted by atomic mass is 10.1. The van der Waals surface area contributed by atoms with Crippen LogP contribution in [-0.4, -0.2) is 56.6 Å². The minimum atomic E-state index is -3.24. The van der Waals surface area contributed by atoms with Crippen LogP contribution in [0.2, 0.25) is 0 Å². The lowest BCUT2D eigenvalue weighted by molar-refractivity contribution is -0.118. The van der Waals surface area contributed by atoms with Gasteiger partial charge in [-0.15, -0.1) is 0 Å². The van der Waals surface area contributed by atoms with Gasteiger partial charge in [0.25, 0.3) is 0 Å². The van der Waals surface area contributed by atoms with Gasteiger partial charge in [-0.05, 0) is 35.9 Å². The third-order valence-electron chi connectivity index (χ3n) is 4.34. The molecule has 1 aliphatic heterocycles. The summed E-state index contributed by atoms with van der Waals surface area (Å²) in [5.41, 5.74) is 1.65. The highest BCUT2D eigenvalue weighted by Crippen LogP contribution is 2.21. The number of benzene rings is 1. The summed E-state index contributed by atoms with van der Waals surface area (Å²) in [6.07, 6.45) is 4.72. The van der Waals surface area contributed by atoms with Gasteiger partial charge in [0, 0.05) is 50.0 Å². The number of carbonyl (C=O) groups is 1. The fraction of sp³-hybridized carbons (Fsp3) is 0.333. The molecule has 1 aliphatic rings. The molecule has 3 rings (SSSR count). The van der Waals surface area contributed by atoms with Gasteiger partial charge in [-0.25, -0.2) is 8.42 Å². The molecule has 0 spiro atoms. The predicted molar refractivity (Wildman–Crippen MR) is 99.6 cm³/mol. The number of pyridine rings is 1. The van der Waals surface area contributed by atoms with Crippen LogP contribution in [0.25, 0.3) is 0 Å². The number of hydrogen-bond donors (Lipinski definition) is 2. The second-order valence-corrected chi connectivity index (χ2v) is 8.34. The highest BCUT2D eigenvalue weighted by atomic mass is 32.2. The Morgan fingerprint density at radius 1 is 1.31 bits per heavy atom. The van der Waals surface area contributed by atoms with Crippen molar-refractivity contribution in [2.75, 3.05) is 37.8 Å². The zero-order valence-corrected chi connectivity index (χ0v) is 15.4. The van der Waals surface area contributed by atoms with Crippen molar-refractivity contribution in [2.24, 2.45) is 0 Å². The Bertz CT molecular complexity index is 854. The van der Waals surface area contributed by atoms with Gasteiger partial charge in [-0.3, -0.25) is 14.7 Å². The van der Waals surface area contributed by atoms with E-state index in [4.69, 9.17) is 0 Å². The molecule has 0 aliphatic carbocycles. The number of piperazine rings is 1. The second-order valence-electron chi connectivity index (χ2n) is 6.32. The molecule has 26 heavy (non-hydrogen) atoms. The monoisotopic (exact) mass is 374 g/mol. The van der Waals surface area contributed by atoms with Crippen molar-refractivity contribution in [2.45, 2.75) is 10.9 Å². The number of aromatic nitrogens is 1. The fourth-order valence-corrected chi connectivity index (χ4v) is 3.64. The first-order valence-electron chi connectivity index (χ1n) is 8.38. The van der Waals surface area contributed by atoms with Gasteiger partial charge in [-0.1, -0.05) is 6.07 Å². The molecular formula is C18H22N4O3S. The SMILES string of the molecule is CS(=O)(=O)c1ccc(NC(=O)CN2CCNCC2c2cccnc2)cc1. The van der Waals surface area contributed by atoms with Crippen LogP contribution < -0.4 is 10.6 Å². The number of carbonyl (C=O) groups excluding carboxylic acids is 1. The number of anilines is 1. The molecule has 0 saturated carbocycles. The first kappa shape index (κ1) is 18.5. The molecule has 7 nitrogen and oxygen atoms in total. The average Bonchev–Trinajstić information content (AvgIpc) is 2.62. The number of nitrogens with one attached hydrogen (secondary N) is 2. The Hall–Kier alpha value is -2.29. The summed E-state index contributed by atoms with van der Waals surface area (Å²) in [4.78, 5) is 18.9. The van der Waals surface area contributed by atoms with E-state index < -0.39 is 9.84 Å². The van der Waals surface area contributed by atoms with Crippen LogP contribution in [0.5, 0.6) is 0 Å². The van der Waals surface area contributed by atoms with Crippen molar-refractivity contribution in [3.05, 3.63) is 54.4 Å². The zero-order chi connectivity index (χ0) is 18.6. The van der Waals surface area contributed by atoms with E-state index in [1.54, 1.807) is 18.3 Å². The fourth-order valence-electron chi connectivity index (χ4n) is 3.01. The first-order chi connectivity index (χ1) is 12.4. The van der Waals surface area contributed by atoms with Crippen LogP contribution >= 0.6 is 0 Å². The molecule has 1 amide bonds. The van der Waals surface area contributed by atoms with Crippen LogP contribution in [0.15, 0.2) is 53.7 Å². The van der Waals surface area contributed by atoms with Crippen LogP contribution in [0.4, 0.5) is 5.69 Å². The summed E-state index contributed by atoms with van der Waals surface area (Å²) < 4.78 is 23.0. The lowest BCUT2D eigenvalue weighted by Gasteiger charge is -2.35. The van der Waals surface area contributed by atoms with Crippen molar-refractivity contribution >= 4 is 21.4 Å². The highest BCUT2D eigenvalue weighted by Gasteiger charge is 2.25. The van der Waals surface area contributed by atoms with Crippen molar-refractivity contribution in [1.82, 2.24) is 15.2 Å². The third-order valence-corrected chi connectivity index (χ3v) is 5.46. The van der Waals surface area contributed by atoms with E-state index in [1.165, 1.54) is 12.1 Å². The Balaban J connectivity index is 1.64. The summed E-state index contributed by atoms with van der Waals surface area (Å²) in [6.45, 7) is 2.62. The van der Waals surface area contributed by atoms with E-state index in [9.17, 15) is 13.2 Å². The number of rotatable bonds is 5. The Labute approximate surface area is 153 Å². The number of hydrogen-bond acceptors (Lipinski definition) is 6. The van der Waals surface area contributed by atoms with Crippen LogP contribution in [0.3, 0.4) is 0 Å². The van der Waals surface area contributed by atoms with Gasteiger partial charge >= 0.3 is 0 Å². The number of nitrogens with zero attached hydrogens (tertiary/aromatic N) is 2. The summed E-state index contributed by atoms with van der Waals surface area (Å²) in [5.74, 6) is -0.132. The molecule has 2 heterocycles. The Morgan fingerprint density at radius 3 is 2.73 bits per heavy atom. The standard InChI is InChI=1S/C18H22N4O3S/c1-26(24,25)16-6-4-15(5-7-16)21-18(23)13-22-10-9-20-12-17(22)14-3-2-8-19-11-14/h2-8,11,17,20H,9-10,12-13H2,1H3,(H,21,23). The Morgan fingerprint density at radius 2 is 2.08 bits per heavy atom. The van der Waals surface area contributed by atoms with Crippen molar-refractivity contribution in [3.8, 4) is 0 Å². The molecule has 1 aromatic heterocycles. The maximum absolute atomic E-state index is 12.4. The number of amides is 1. The van der Waals surface area contributed by atoms with E-state index in [1.807, 2.05) is 18.3 Å². The van der Waals surface area contributed by atoms with E-state index in [2.05, 4.69) is 20.5 Å². The second kappa shape index (κ2) is 7.94. The van der Waals surface area contributed by atoms with E-state index >= 15 is 0 Å². The molecule has 1 saturated heterocycles. The van der Waals surface area contributed by atoms with Crippen molar-refractivity contribution < 1.29 is 13.2 Å². The molecule has 1 fully saturated rings. The minimum absolute atomic E-state index is 0.0933. The summed E-state index contributed by atoms with van der Waals surface area (Å²) in [5, 5.41) is 6.18. The molecule has 0 radical (unpaired) electrons.